The number of aromatic amines is 1. The second-order valence-corrected chi connectivity index (χ2v) is 4.91. The van der Waals surface area contributed by atoms with E-state index in [4.69, 9.17) is 12.2 Å². The van der Waals surface area contributed by atoms with E-state index in [1.807, 2.05) is 11.6 Å². The van der Waals surface area contributed by atoms with Crippen molar-refractivity contribution >= 4 is 18.1 Å². The van der Waals surface area contributed by atoms with Gasteiger partial charge in [-0.05, 0) is 31.5 Å². The molecule has 0 saturated heterocycles. The molecule has 18 heavy (non-hydrogen) atoms. The van der Waals surface area contributed by atoms with Gasteiger partial charge in [0.15, 0.2) is 4.77 Å². The fraction of sp³-hybridized carbons (Fsp3) is 0.583. The quantitative estimate of drug-likeness (QED) is 0.641. The lowest BCUT2D eigenvalue weighted by atomic mass is 9.94. The van der Waals surface area contributed by atoms with Crippen molar-refractivity contribution < 1.29 is 4.79 Å². The third kappa shape index (κ3) is 3.07. The summed E-state index contributed by atoms with van der Waals surface area (Å²) in [5, 5.41) is 9.80. The van der Waals surface area contributed by atoms with E-state index in [9.17, 15) is 4.79 Å². The average Bonchev–Trinajstić information content (AvgIpc) is 2.71. The molecule has 0 aliphatic heterocycles. The van der Waals surface area contributed by atoms with Crippen LogP contribution in [0.5, 0.6) is 0 Å². The van der Waals surface area contributed by atoms with Gasteiger partial charge in [-0.15, -0.1) is 0 Å². The Kier molecular flexibility index (Phi) is 4.30. The molecule has 1 aromatic rings. The number of nitrogens with one attached hydrogen (secondary N) is 2. The first kappa shape index (κ1) is 13.0. The van der Waals surface area contributed by atoms with Gasteiger partial charge in [0.2, 0.25) is 5.91 Å². The van der Waals surface area contributed by atoms with Gasteiger partial charge in [-0.2, -0.15) is 5.10 Å². The first-order valence-electron chi connectivity index (χ1n) is 6.21. The van der Waals surface area contributed by atoms with E-state index >= 15 is 0 Å². The number of rotatable bonds is 4. The second kappa shape index (κ2) is 5.95. The summed E-state index contributed by atoms with van der Waals surface area (Å²) in [6.07, 6.45) is 7.74. The molecule has 1 aliphatic rings. The molecule has 1 atom stereocenters. The van der Waals surface area contributed by atoms with Gasteiger partial charge in [0, 0.05) is 25.9 Å². The SMILES string of the molecule is Cn1c(CCNC(=O)[C@H]2CC=CCC2)n[nH]c1=S. The molecule has 98 valence electrons. The highest BCUT2D eigenvalue weighted by molar-refractivity contribution is 7.71. The summed E-state index contributed by atoms with van der Waals surface area (Å²) in [5.74, 6) is 1.15. The summed E-state index contributed by atoms with van der Waals surface area (Å²) in [6, 6.07) is 0. The normalized spacial score (nSPS) is 18.8. The van der Waals surface area contributed by atoms with Crippen LogP contribution in [0.1, 0.15) is 25.1 Å². The summed E-state index contributed by atoms with van der Waals surface area (Å²) >= 11 is 5.03. The number of hydrogen-bond donors (Lipinski definition) is 2. The highest BCUT2D eigenvalue weighted by Gasteiger charge is 2.18. The number of H-pyrrole nitrogens is 1. The summed E-state index contributed by atoms with van der Waals surface area (Å²) in [6.45, 7) is 0.604. The van der Waals surface area contributed by atoms with Crippen molar-refractivity contribution in [3.63, 3.8) is 0 Å². The van der Waals surface area contributed by atoms with Crippen LogP contribution in [0.4, 0.5) is 0 Å². The molecule has 1 aromatic heterocycles. The van der Waals surface area contributed by atoms with Gasteiger partial charge >= 0.3 is 0 Å². The van der Waals surface area contributed by atoms with Crippen LogP contribution in [-0.2, 0) is 18.3 Å². The van der Waals surface area contributed by atoms with Crippen LogP contribution in [-0.4, -0.2) is 27.2 Å². The van der Waals surface area contributed by atoms with E-state index in [2.05, 4.69) is 27.7 Å². The summed E-state index contributed by atoms with van der Waals surface area (Å²) in [7, 11) is 1.87. The van der Waals surface area contributed by atoms with Crippen molar-refractivity contribution in [2.75, 3.05) is 6.54 Å². The molecule has 1 amide bonds. The van der Waals surface area contributed by atoms with Crippen molar-refractivity contribution in [2.45, 2.75) is 25.7 Å². The standard InChI is InChI=1S/C12H18N4OS/c1-16-10(14-15-12(16)18)7-8-13-11(17)9-5-3-2-4-6-9/h2-3,9H,4-8H2,1H3,(H,13,17)(H,15,18)/t9-/m0/s1. The largest absolute Gasteiger partial charge is 0.355 e. The Balaban J connectivity index is 1.78. The van der Waals surface area contributed by atoms with Gasteiger partial charge in [0.25, 0.3) is 0 Å². The fourth-order valence-electron chi connectivity index (χ4n) is 2.08. The van der Waals surface area contributed by atoms with Gasteiger partial charge in [0.05, 0.1) is 0 Å². The number of amides is 1. The van der Waals surface area contributed by atoms with Crippen molar-refractivity contribution in [3.05, 3.63) is 22.7 Å². The first-order chi connectivity index (χ1) is 8.68. The number of carbonyl (C=O) groups excluding carboxylic acids is 1. The number of aromatic nitrogens is 3. The lowest BCUT2D eigenvalue weighted by molar-refractivity contribution is -0.125. The van der Waals surface area contributed by atoms with E-state index in [0.29, 0.717) is 17.7 Å². The van der Waals surface area contributed by atoms with E-state index in [1.165, 1.54) is 0 Å². The number of allylic oxidation sites excluding steroid dienone is 2. The molecule has 2 N–H and O–H groups in total. The van der Waals surface area contributed by atoms with E-state index in [-0.39, 0.29) is 11.8 Å². The zero-order valence-electron chi connectivity index (χ0n) is 10.5. The maximum Gasteiger partial charge on any atom is 0.223 e. The van der Waals surface area contributed by atoms with Crippen molar-refractivity contribution in [3.8, 4) is 0 Å². The second-order valence-electron chi connectivity index (χ2n) is 4.53. The summed E-state index contributed by atoms with van der Waals surface area (Å²) in [5.41, 5.74) is 0. The molecule has 0 fully saturated rings. The minimum absolute atomic E-state index is 0.137. The molecule has 5 nitrogen and oxygen atoms in total. The minimum Gasteiger partial charge on any atom is -0.355 e. The van der Waals surface area contributed by atoms with Crippen LogP contribution >= 0.6 is 12.2 Å². The molecule has 0 bridgehead atoms. The van der Waals surface area contributed by atoms with Gasteiger partial charge in [0.1, 0.15) is 5.82 Å². The molecule has 0 unspecified atom stereocenters. The monoisotopic (exact) mass is 266 g/mol. The highest BCUT2D eigenvalue weighted by atomic mass is 32.1. The Morgan fingerprint density at radius 1 is 1.67 bits per heavy atom. The van der Waals surface area contributed by atoms with Crippen LogP contribution < -0.4 is 5.32 Å². The Labute approximate surface area is 111 Å². The fourth-order valence-corrected chi connectivity index (χ4v) is 2.23. The highest BCUT2D eigenvalue weighted by Crippen LogP contribution is 2.17. The van der Waals surface area contributed by atoms with Crippen LogP contribution in [0.15, 0.2) is 12.2 Å². The van der Waals surface area contributed by atoms with Gasteiger partial charge in [-0.25, -0.2) is 0 Å². The molecule has 6 heteroatoms. The Morgan fingerprint density at radius 2 is 2.50 bits per heavy atom. The topological polar surface area (TPSA) is 62.7 Å². The molecule has 0 aromatic carbocycles. The summed E-state index contributed by atoms with van der Waals surface area (Å²) < 4.78 is 2.43. The smallest absolute Gasteiger partial charge is 0.223 e. The first-order valence-corrected chi connectivity index (χ1v) is 6.62. The Bertz CT molecular complexity index is 502. The maximum atomic E-state index is 11.9. The molecule has 1 aliphatic carbocycles. The number of carbonyl (C=O) groups is 1. The molecular weight excluding hydrogens is 248 g/mol. The van der Waals surface area contributed by atoms with E-state index in [1.54, 1.807) is 0 Å². The predicted octanol–water partition coefficient (Wildman–Crippen LogP) is 1.49. The average molecular weight is 266 g/mol. The van der Waals surface area contributed by atoms with Crippen LogP contribution in [0.25, 0.3) is 0 Å². The Hall–Kier alpha value is -1.43. The molecule has 0 radical (unpaired) electrons. The number of hydrogen-bond acceptors (Lipinski definition) is 3. The lowest BCUT2D eigenvalue weighted by Gasteiger charge is -2.16. The van der Waals surface area contributed by atoms with Crippen LogP contribution in [0.3, 0.4) is 0 Å². The summed E-state index contributed by atoms with van der Waals surface area (Å²) in [4.78, 5) is 11.9. The zero-order valence-corrected chi connectivity index (χ0v) is 11.3. The molecular formula is C12H18N4OS. The van der Waals surface area contributed by atoms with Crippen molar-refractivity contribution in [2.24, 2.45) is 13.0 Å². The van der Waals surface area contributed by atoms with Gasteiger partial charge in [-0.3, -0.25) is 9.89 Å². The van der Waals surface area contributed by atoms with Crippen LogP contribution in [0, 0.1) is 10.7 Å². The van der Waals surface area contributed by atoms with Crippen molar-refractivity contribution in [1.82, 2.24) is 20.1 Å². The maximum absolute atomic E-state index is 11.9. The minimum atomic E-state index is 0.137. The van der Waals surface area contributed by atoms with Crippen LogP contribution in [0.2, 0.25) is 0 Å². The Morgan fingerprint density at radius 3 is 3.11 bits per heavy atom. The predicted molar refractivity (Wildman–Crippen MR) is 71.6 cm³/mol. The third-order valence-corrected chi connectivity index (χ3v) is 3.63. The van der Waals surface area contributed by atoms with E-state index in [0.717, 1.165) is 25.1 Å². The van der Waals surface area contributed by atoms with Gasteiger partial charge in [-0.1, -0.05) is 12.2 Å². The zero-order chi connectivity index (χ0) is 13.0. The van der Waals surface area contributed by atoms with Crippen molar-refractivity contribution in [1.29, 1.82) is 0 Å². The number of nitrogens with zero attached hydrogens (tertiary/aromatic N) is 2. The molecule has 2 rings (SSSR count). The lowest BCUT2D eigenvalue weighted by Crippen LogP contribution is -2.33. The van der Waals surface area contributed by atoms with E-state index < -0.39 is 0 Å². The molecule has 0 saturated carbocycles. The third-order valence-electron chi connectivity index (χ3n) is 3.26. The van der Waals surface area contributed by atoms with Gasteiger partial charge < -0.3 is 9.88 Å². The molecule has 0 spiro atoms. The molecule has 1 heterocycles.